The Labute approximate surface area is 206 Å². The molecule has 35 heavy (non-hydrogen) atoms. The van der Waals surface area contributed by atoms with Gasteiger partial charge in [-0.1, -0.05) is 48.5 Å². The fraction of sp³-hybridized carbons (Fsp3) is 0.357. The fourth-order valence-electron chi connectivity index (χ4n) is 5.11. The van der Waals surface area contributed by atoms with Crippen molar-refractivity contribution in [1.82, 2.24) is 9.80 Å². The molecule has 2 amide bonds. The molecule has 2 heterocycles. The number of rotatable bonds is 4. The van der Waals surface area contributed by atoms with E-state index in [2.05, 4.69) is 48.0 Å². The number of hydrogen-bond donors (Lipinski definition) is 1. The van der Waals surface area contributed by atoms with Gasteiger partial charge in [0.2, 0.25) is 11.8 Å². The Morgan fingerprint density at radius 2 is 1.63 bits per heavy atom. The van der Waals surface area contributed by atoms with Crippen LogP contribution in [0.3, 0.4) is 0 Å². The molecular formula is C28H33N5O2. The van der Waals surface area contributed by atoms with E-state index in [-0.39, 0.29) is 18.4 Å². The summed E-state index contributed by atoms with van der Waals surface area (Å²) in [6.07, 6.45) is 0. The van der Waals surface area contributed by atoms with Crippen LogP contribution in [-0.2, 0) is 16.1 Å². The largest absolute Gasteiger partial charge is 0.318 e. The van der Waals surface area contributed by atoms with Crippen molar-refractivity contribution in [2.45, 2.75) is 19.5 Å². The van der Waals surface area contributed by atoms with Crippen LogP contribution < -0.4 is 15.5 Å². The Kier molecular flexibility index (Phi) is 6.56. The summed E-state index contributed by atoms with van der Waals surface area (Å²) in [7, 11) is 2.10. The minimum Gasteiger partial charge on any atom is -0.318 e. The summed E-state index contributed by atoms with van der Waals surface area (Å²) >= 11 is 0. The van der Waals surface area contributed by atoms with Crippen molar-refractivity contribution in [3.8, 4) is 0 Å². The van der Waals surface area contributed by atoms with Crippen LogP contribution in [-0.4, -0.2) is 74.0 Å². The van der Waals surface area contributed by atoms with Crippen molar-refractivity contribution >= 4 is 34.0 Å². The summed E-state index contributed by atoms with van der Waals surface area (Å²) in [5.74, 6) is -0.187. The van der Waals surface area contributed by atoms with Gasteiger partial charge < -0.3 is 20.4 Å². The Bertz CT molecular complexity index is 1250. The second-order valence-corrected chi connectivity index (χ2v) is 9.69. The molecule has 1 fully saturated rings. The van der Waals surface area contributed by atoms with E-state index in [0.717, 1.165) is 59.5 Å². The van der Waals surface area contributed by atoms with Gasteiger partial charge in [-0.2, -0.15) is 0 Å². The third-order valence-electron chi connectivity index (χ3n) is 7.27. The minimum atomic E-state index is -0.797. The van der Waals surface area contributed by atoms with Crippen LogP contribution in [0.2, 0.25) is 0 Å². The van der Waals surface area contributed by atoms with Gasteiger partial charge in [0, 0.05) is 26.2 Å². The van der Waals surface area contributed by atoms with Gasteiger partial charge in [0.1, 0.15) is 6.04 Å². The standard InChI is InChI=1S/C28H33N5O2/c1-20-11-12-21-7-3-4-8-22(21)23(20)17-33-26-10-6-5-9-25(26)32(18-24(29)28(33)35)27(34)19-31-15-13-30(2)14-16-31/h3-12,24H,13-19,29H2,1-2H3/t24-/m0/s1. The number of nitrogens with two attached hydrogens (primary N) is 1. The molecule has 5 rings (SSSR count). The van der Waals surface area contributed by atoms with E-state index >= 15 is 0 Å². The number of amides is 2. The number of piperazine rings is 1. The average Bonchev–Trinajstić information content (AvgIpc) is 2.97. The van der Waals surface area contributed by atoms with Gasteiger partial charge in [-0.25, -0.2) is 0 Å². The number of carbonyl (C=O) groups is 2. The molecule has 1 atom stereocenters. The van der Waals surface area contributed by atoms with Crippen LogP contribution in [0.4, 0.5) is 11.4 Å². The van der Waals surface area contributed by atoms with Crippen molar-refractivity contribution in [2.75, 3.05) is 56.1 Å². The van der Waals surface area contributed by atoms with Gasteiger partial charge in [0.15, 0.2) is 0 Å². The molecule has 2 aliphatic heterocycles. The fourth-order valence-corrected chi connectivity index (χ4v) is 5.11. The van der Waals surface area contributed by atoms with E-state index in [0.29, 0.717) is 13.1 Å². The van der Waals surface area contributed by atoms with Crippen molar-refractivity contribution in [3.05, 3.63) is 71.8 Å². The molecule has 7 heteroatoms. The monoisotopic (exact) mass is 471 g/mol. The van der Waals surface area contributed by atoms with Crippen molar-refractivity contribution in [1.29, 1.82) is 0 Å². The third-order valence-corrected chi connectivity index (χ3v) is 7.27. The minimum absolute atomic E-state index is 0.0200. The van der Waals surface area contributed by atoms with E-state index in [4.69, 9.17) is 5.73 Å². The van der Waals surface area contributed by atoms with Crippen LogP contribution in [0.25, 0.3) is 10.8 Å². The topological polar surface area (TPSA) is 73.1 Å². The van der Waals surface area contributed by atoms with Crippen molar-refractivity contribution in [2.24, 2.45) is 5.73 Å². The molecule has 0 aromatic heterocycles. The molecule has 3 aromatic carbocycles. The lowest BCUT2D eigenvalue weighted by Crippen LogP contribution is -2.52. The molecular weight excluding hydrogens is 438 g/mol. The van der Waals surface area contributed by atoms with E-state index in [1.165, 1.54) is 0 Å². The normalized spacial score (nSPS) is 19.6. The molecule has 0 bridgehead atoms. The molecule has 1 saturated heterocycles. The summed E-state index contributed by atoms with van der Waals surface area (Å²) in [4.78, 5) is 35.0. The number of likely N-dealkylation sites (N-methyl/N-ethyl adjacent to an activating group) is 1. The molecule has 0 saturated carbocycles. The molecule has 2 N–H and O–H groups in total. The first kappa shape index (κ1) is 23.5. The third kappa shape index (κ3) is 4.67. The van der Waals surface area contributed by atoms with Gasteiger partial charge >= 0.3 is 0 Å². The van der Waals surface area contributed by atoms with Gasteiger partial charge in [0.05, 0.1) is 31.0 Å². The zero-order valence-electron chi connectivity index (χ0n) is 20.5. The number of aryl methyl sites for hydroxylation is 1. The lowest BCUT2D eigenvalue weighted by molar-refractivity contribution is -0.120. The summed E-state index contributed by atoms with van der Waals surface area (Å²) < 4.78 is 0. The van der Waals surface area contributed by atoms with Crippen LogP contribution in [0, 0.1) is 6.92 Å². The van der Waals surface area contributed by atoms with Gasteiger partial charge in [-0.05, 0) is 48.0 Å². The summed E-state index contributed by atoms with van der Waals surface area (Å²) in [5, 5.41) is 2.26. The number of para-hydroxylation sites is 2. The Morgan fingerprint density at radius 3 is 2.40 bits per heavy atom. The number of carbonyl (C=O) groups excluding carboxylic acids is 2. The summed E-state index contributed by atoms with van der Waals surface area (Å²) in [6, 6.07) is 19.3. The number of fused-ring (bicyclic) bond motifs is 2. The lowest BCUT2D eigenvalue weighted by atomic mass is 9.99. The number of hydrogen-bond acceptors (Lipinski definition) is 5. The van der Waals surface area contributed by atoms with Gasteiger partial charge in [0.25, 0.3) is 0 Å². The smallest absolute Gasteiger partial charge is 0.246 e. The molecule has 3 aromatic rings. The summed E-state index contributed by atoms with van der Waals surface area (Å²) in [6.45, 7) is 6.57. The summed E-state index contributed by atoms with van der Waals surface area (Å²) in [5.41, 5.74) is 10.1. The molecule has 182 valence electrons. The van der Waals surface area contributed by atoms with Crippen LogP contribution in [0.5, 0.6) is 0 Å². The molecule has 0 radical (unpaired) electrons. The highest BCUT2D eigenvalue weighted by molar-refractivity contribution is 6.07. The van der Waals surface area contributed by atoms with Crippen LogP contribution in [0.1, 0.15) is 11.1 Å². The quantitative estimate of drug-likeness (QED) is 0.633. The predicted octanol–water partition coefficient (Wildman–Crippen LogP) is 2.60. The van der Waals surface area contributed by atoms with Gasteiger partial charge in [-0.3, -0.25) is 14.5 Å². The highest BCUT2D eigenvalue weighted by atomic mass is 16.2. The van der Waals surface area contributed by atoms with E-state index in [9.17, 15) is 9.59 Å². The van der Waals surface area contributed by atoms with E-state index < -0.39 is 6.04 Å². The first-order valence-corrected chi connectivity index (χ1v) is 12.3. The second-order valence-electron chi connectivity index (χ2n) is 9.69. The van der Waals surface area contributed by atoms with Crippen molar-refractivity contribution in [3.63, 3.8) is 0 Å². The highest BCUT2D eigenvalue weighted by Crippen LogP contribution is 2.35. The molecule has 7 nitrogen and oxygen atoms in total. The molecule has 2 aliphatic rings. The Morgan fingerprint density at radius 1 is 0.943 bits per heavy atom. The Balaban J connectivity index is 1.49. The van der Waals surface area contributed by atoms with Crippen LogP contribution in [0.15, 0.2) is 60.7 Å². The number of anilines is 2. The van der Waals surface area contributed by atoms with Gasteiger partial charge in [-0.15, -0.1) is 0 Å². The predicted molar refractivity (Wildman–Crippen MR) is 141 cm³/mol. The van der Waals surface area contributed by atoms with Crippen molar-refractivity contribution < 1.29 is 9.59 Å². The zero-order chi connectivity index (χ0) is 24.5. The molecule has 0 aliphatic carbocycles. The molecule has 0 spiro atoms. The zero-order valence-corrected chi connectivity index (χ0v) is 20.5. The van der Waals surface area contributed by atoms with E-state index in [1.807, 2.05) is 36.4 Å². The highest BCUT2D eigenvalue weighted by Gasteiger charge is 2.35. The lowest BCUT2D eigenvalue weighted by Gasteiger charge is -2.33. The number of benzene rings is 3. The van der Waals surface area contributed by atoms with E-state index in [1.54, 1.807) is 9.80 Å². The van der Waals surface area contributed by atoms with Crippen LogP contribution >= 0.6 is 0 Å². The number of nitrogens with zero attached hydrogens (tertiary/aromatic N) is 4. The second kappa shape index (κ2) is 9.77. The first-order chi connectivity index (χ1) is 16.9. The first-order valence-electron chi connectivity index (χ1n) is 12.3. The molecule has 0 unspecified atom stereocenters. The maximum absolute atomic E-state index is 13.6. The average molecular weight is 472 g/mol. The SMILES string of the molecule is Cc1ccc2ccccc2c1CN1C(=O)[C@@H](N)CN(C(=O)CN2CCN(C)CC2)c2ccccc21. The Hall–Kier alpha value is -3.26. The maximum Gasteiger partial charge on any atom is 0.246 e. The maximum atomic E-state index is 13.6.